The molecule has 0 amide bonds. The minimum atomic E-state index is -0.247. The van der Waals surface area contributed by atoms with Crippen LogP contribution in [0.5, 0.6) is 5.75 Å². The Kier molecular flexibility index (Phi) is 6.13. The van der Waals surface area contributed by atoms with Crippen molar-refractivity contribution >= 4 is 5.96 Å². The summed E-state index contributed by atoms with van der Waals surface area (Å²) in [6, 6.07) is 6.12. The molecule has 0 aromatic heterocycles. The van der Waals surface area contributed by atoms with Gasteiger partial charge in [0, 0.05) is 44.6 Å². The van der Waals surface area contributed by atoms with Crippen molar-refractivity contribution in [1.82, 2.24) is 10.2 Å². The first-order chi connectivity index (χ1) is 12.2. The van der Waals surface area contributed by atoms with Gasteiger partial charge in [-0.1, -0.05) is 0 Å². The lowest BCUT2D eigenvalue weighted by molar-refractivity contribution is 0.156. The average molecular weight is 349 g/mol. The van der Waals surface area contributed by atoms with Crippen molar-refractivity contribution in [1.29, 1.82) is 0 Å². The summed E-state index contributed by atoms with van der Waals surface area (Å²) in [6.07, 6.45) is 3.17. The fourth-order valence-corrected chi connectivity index (χ4v) is 3.48. The lowest BCUT2D eigenvalue weighted by atomic mass is 9.87. The molecule has 0 bridgehead atoms. The quantitative estimate of drug-likeness (QED) is 0.487. The number of guanidine groups is 1. The molecule has 0 aliphatic carbocycles. The molecule has 0 radical (unpaired) electrons. The molecule has 1 aromatic carbocycles. The van der Waals surface area contributed by atoms with Crippen molar-refractivity contribution in [2.24, 2.45) is 10.4 Å². The molecule has 138 valence electrons. The largest absolute Gasteiger partial charge is 0.494 e. The van der Waals surface area contributed by atoms with Crippen LogP contribution in [0.2, 0.25) is 0 Å². The molecule has 0 saturated carbocycles. The van der Waals surface area contributed by atoms with E-state index in [0.717, 1.165) is 51.6 Å². The predicted molar refractivity (Wildman–Crippen MR) is 96.5 cm³/mol. The second-order valence-electron chi connectivity index (χ2n) is 6.87. The Bertz CT molecular complexity index is 571. The first-order valence-corrected chi connectivity index (χ1v) is 9.20. The van der Waals surface area contributed by atoms with Crippen LogP contribution in [-0.2, 0) is 4.74 Å². The standard InChI is InChI=1S/C19H28FN3O2/c1-2-21-18(23-11-8-19(14-23)9-13-24-15-19)22-10-3-12-25-17-6-4-16(20)5-7-17/h4-7H,2-3,8-15H2,1H3,(H,21,22). The van der Waals surface area contributed by atoms with Gasteiger partial charge in [-0.2, -0.15) is 0 Å². The van der Waals surface area contributed by atoms with Gasteiger partial charge in [0.1, 0.15) is 11.6 Å². The van der Waals surface area contributed by atoms with E-state index in [2.05, 4.69) is 17.1 Å². The number of rotatable bonds is 6. The lowest BCUT2D eigenvalue weighted by Crippen LogP contribution is -2.41. The number of likely N-dealkylation sites (tertiary alicyclic amines) is 1. The van der Waals surface area contributed by atoms with E-state index in [1.807, 2.05) is 0 Å². The number of hydrogen-bond donors (Lipinski definition) is 1. The van der Waals surface area contributed by atoms with Gasteiger partial charge >= 0.3 is 0 Å². The molecule has 1 atom stereocenters. The highest BCUT2D eigenvalue weighted by Crippen LogP contribution is 2.38. The normalized spacial score (nSPS) is 23.4. The number of aliphatic imine (C=N–C) groups is 1. The van der Waals surface area contributed by atoms with Crippen LogP contribution in [0.4, 0.5) is 4.39 Å². The molecule has 6 heteroatoms. The van der Waals surface area contributed by atoms with Crippen LogP contribution in [-0.4, -0.2) is 56.9 Å². The SMILES string of the molecule is CCNC(=NCCCOc1ccc(F)cc1)N1CCC2(CCOC2)C1. The molecule has 2 saturated heterocycles. The van der Waals surface area contributed by atoms with Crippen molar-refractivity contribution in [3.8, 4) is 5.75 Å². The Labute approximate surface area is 149 Å². The zero-order chi connectivity index (χ0) is 17.5. The van der Waals surface area contributed by atoms with Gasteiger partial charge in [0.25, 0.3) is 0 Å². The maximum atomic E-state index is 12.9. The van der Waals surface area contributed by atoms with Gasteiger partial charge in [-0.05, 0) is 44.0 Å². The van der Waals surface area contributed by atoms with Gasteiger partial charge in [0.05, 0.1) is 13.2 Å². The summed E-state index contributed by atoms with van der Waals surface area (Å²) in [5, 5.41) is 3.40. The van der Waals surface area contributed by atoms with Crippen molar-refractivity contribution in [2.45, 2.75) is 26.2 Å². The number of hydrogen-bond acceptors (Lipinski definition) is 3. The minimum absolute atomic E-state index is 0.247. The summed E-state index contributed by atoms with van der Waals surface area (Å²) in [5.41, 5.74) is 0.335. The van der Waals surface area contributed by atoms with E-state index in [9.17, 15) is 4.39 Å². The fraction of sp³-hybridized carbons (Fsp3) is 0.632. The molecule has 2 aliphatic heterocycles. The van der Waals surface area contributed by atoms with Crippen molar-refractivity contribution in [3.63, 3.8) is 0 Å². The Morgan fingerprint density at radius 1 is 1.36 bits per heavy atom. The second-order valence-corrected chi connectivity index (χ2v) is 6.87. The molecule has 2 heterocycles. The van der Waals surface area contributed by atoms with Crippen LogP contribution in [0.15, 0.2) is 29.3 Å². The number of nitrogens with one attached hydrogen (secondary N) is 1. The third-order valence-corrected chi connectivity index (χ3v) is 4.90. The van der Waals surface area contributed by atoms with Crippen LogP contribution in [0, 0.1) is 11.2 Å². The molecule has 3 rings (SSSR count). The van der Waals surface area contributed by atoms with Gasteiger partial charge in [0.2, 0.25) is 0 Å². The van der Waals surface area contributed by atoms with Crippen LogP contribution in [0.3, 0.4) is 0 Å². The Balaban J connectivity index is 1.45. The van der Waals surface area contributed by atoms with E-state index in [0.29, 0.717) is 24.3 Å². The monoisotopic (exact) mass is 349 g/mol. The van der Waals surface area contributed by atoms with Crippen LogP contribution in [0.1, 0.15) is 26.2 Å². The molecule has 5 nitrogen and oxygen atoms in total. The number of benzene rings is 1. The van der Waals surface area contributed by atoms with Gasteiger partial charge in [-0.3, -0.25) is 4.99 Å². The average Bonchev–Trinajstić information content (AvgIpc) is 3.25. The number of halogens is 1. The van der Waals surface area contributed by atoms with E-state index in [-0.39, 0.29) is 5.82 Å². The molecule has 1 spiro atoms. The van der Waals surface area contributed by atoms with Gasteiger partial charge in [-0.25, -0.2) is 4.39 Å². The summed E-state index contributed by atoms with van der Waals surface area (Å²) >= 11 is 0. The van der Waals surface area contributed by atoms with Crippen molar-refractivity contribution in [2.75, 3.05) is 46.0 Å². The third-order valence-electron chi connectivity index (χ3n) is 4.90. The highest BCUT2D eigenvalue weighted by atomic mass is 19.1. The number of ether oxygens (including phenoxy) is 2. The molecule has 1 N–H and O–H groups in total. The zero-order valence-electron chi connectivity index (χ0n) is 15.0. The van der Waals surface area contributed by atoms with E-state index < -0.39 is 0 Å². The fourth-order valence-electron chi connectivity index (χ4n) is 3.48. The first-order valence-electron chi connectivity index (χ1n) is 9.20. The van der Waals surface area contributed by atoms with E-state index >= 15 is 0 Å². The van der Waals surface area contributed by atoms with Crippen LogP contribution < -0.4 is 10.1 Å². The van der Waals surface area contributed by atoms with Crippen LogP contribution >= 0.6 is 0 Å². The van der Waals surface area contributed by atoms with Crippen molar-refractivity contribution < 1.29 is 13.9 Å². The Hall–Kier alpha value is -1.82. The molecule has 1 unspecified atom stereocenters. The zero-order valence-corrected chi connectivity index (χ0v) is 15.0. The predicted octanol–water partition coefficient (Wildman–Crippen LogP) is 2.67. The summed E-state index contributed by atoms with van der Waals surface area (Å²) in [6.45, 7) is 8.10. The Morgan fingerprint density at radius 3 is 2.92 bits per heavy atom. The molecular weight excluding hydrogens is 321 g/mol. The summed E-state index contributed by atoms with van der Waals surface area (Å²) in [4.78, 5) is 7.11. The molecule has 25 heavy (non-hydrogen) atoms. The van der Waals surface area contributed by atoms with Crippen molar-refractivity contribution in [3.05, 3.63) is 30.1 Å². The van der Waals surface area contributed by atoms with E-state index in [1.54, 1.807) is 12.1 Å². The Morgan fingerprint density at radius 2 is 2.20 bits per heavy atom. The van der Waals surface area contributed by atoms with Gasteiger partial charge in [-0.15, -0.1) is 0 Å². The minimum Gasteiger partial charge on any atom is -0.494 e. The smallest absolute Gasteiger partial charge is 0.193 e. The van der Waals surface area contributed by atoms with E-state index in [1.165, 1.54) is 18.6 Å². The second kappa shape index (κ2) is 8.52. The van der Waals surface area contributed by atoms with Gasteiger partial charge < -0.3 is 19.7 Å². The van der Waals surface area contributed by atoms with Crippen LogP contribution in [0.25, 0.3) is 0 Å². The highest BCUT2D eigenvalue weighted by Gasteiger charge is 2.42. The number of nitrogens with zero attached hydrogens (tertiary/aromatic N) is 2. The maximum absolute atomic E-state index is 12.9. The molecule has 1 aromatic rings. The lowest BCUT2D eigenvalue weighted by Gasteiger charge is -2.25. The maximum Gasteiger partial charge on any atom is 0.193 e. The van der Waals surface area contributed by atoms with Gasteiger partial charge in [0.15, 0.2) is 5.96 Å². The molecular formula is C19H28FN3O2. The third kappa shape index (κ3) is 4.84. The summed E-state index contributed by atoms with van der Waals surface area (Å²) in [5.74, 6) is 1.44. The molecule has 2 fully saturated rings. The molecule has 2 aliphatic rings. The van der Waals surface area contributed by atoms with E-state index in [4.69, 9.17) is 14.5 Å². The summed E-state index contributed by atoms with van der Waals surface area (Å²) < 4.78 is 24.1. The first kappa shape index (κ1) is 18.0. The summed E-state index contributed by atoms with van der Waals surface area (Å²) in [7, 11) is 0. The topological polar surface area (TPSA) is 46.1 Å². The highest BCUT2D eigenvalue weighted by molar-refractivity contribution is 5.80.